The summed E-state index contributed by atoms with van der Waals surface area (Å²) in [5, 5.41) is 1.47. The van der Waals surface area contributed by atoms with Crippen LogP contribution in [0.1, 0.15) is 16.7 Å². The van der Waals surface area contributed by atoms with E-state index in [1.165, 1.54) is 6.26 Å². The van der Waals surface area contributed by atoms with Crippen LogP contribution in [0.2, 0.25) is 5.02 Å². The Hall–Kier alpha value is -2.99. The van der Waals surface area contributed by atoms with Gasteiger partial charge in [0.1, 0.15) is 11.3 Å². The average Bonchev–Trinajstić information content (AvgIpc) is 3.06. The van der Waals surface area contributed by atoms with Crippen LogP contribution < -0.4 is 15.6 Å². The maximum atomic E-state index is 12.2. The van der Waals surface area contributed by atoms with Gasteiger partial charge in [-0.3, -0.25) is 20.4 Å². The molecule has 0 spiro atoms. The Kier molecular flexibility index (Phi) is 5.66. The molecule has 0 saturated carbocycles. The Labute approximate surface area is 161 Å². The fourth-order valence-electron chi connectivity index (χ4n) is 2.80. The minimum Gasteiger partial charge on any atom is -0.484 e. The highest BCUT2D eigenvalue weighted by Gasteiger charge is 2.16. The van der Waals surface area contributed by atoms with Crippen molar-refractivity contribution in [3.8, 4) is 5.75 Å². The van der Waals surface area contributed by atoms with E-state index in [-0.39, 0.29) is 18.9 Å². The van der Waals surface area contributed by atoms with Crippen molar-refractivity contribution >= 4 is 34.4 Å². The topological polar surface area (TPSA) is 80.6 Å². The minimum atomic E-state index is -0.459. The summed E-state index contributed by atoms with van der Waals surface area (Å²) in [5.41, 5.74) is 7.86. The smallest absolute Gasteiger partial charge is 0.276 e. The lowest BCUT2D eigenvalue weighted by atomic mass is 10.0. The third-order valence-corrected chi connectivity index (χ3v) is 4.68. The standard InChI is InChI=1S/C20H19ClN2O4/c1-12-8-16-19(13(2)20(12)21)14(10-27-16)9-17(24)22-23-18(25)11-26-15-6-4-3-5-7-15/h3-8,10H,9,11H2,1-2H3,(H,22,24)(H,23,25). The van der Waals surface area contributed by atoms with E-state index in [4.69, 9.17) is 20.8 Å². The molecule has 0 unspecified atom stereocenters. The van der Waals surface area contributed by atoms with Crippen LogP contribution in [0.15, 0.2) is 47.1 Å². The number of nitrogens with one attached hydrogen (secondary N) is 2. The van der Waals surface area contributed by atoms with Crippen LogP contribution in [0.25, 0.3) is 11.0 Å². The predicted octanol–water partition coefficient (Wildman–Crippen LogP) is 3.47. The van der Waals surface area contributed by atoms with Gasteiger partial charge >= 0.3 is 0 Å². The monoisotopic (exact) mass is 386 g/mol. The molecule has 2 aromatic carbocycles. The van der Waals surface area contributed by atoms with Crippen molar-refractivity contribution < 1.29 is 18.7 Å². The van der Waals surface area contributed by atoms with Crippen molar-refractivity contribution in [3.63, 3.8) is 0 Å². The van der Waals surface area contributed by atoms with Gasteiger partial charge in [-0.15, -0.1) is 0 Å². The van der Waals surface area contributed by atoms with Gasteiger partial charge in [0.25, 0.3) is 5.91 Å². The van der Waals surface area contributed by atoms with Crippen LogP contribution in [0, 0.1) is 13.8 Å². The van der Waals surface area contributed by atoms with Gasteiger partial charge in [-0.05, 0) is 43.2 Å². The zero-order chi connectivity index (χ0) is 19.4. The Bertz CT molecular complexity index is 983. The van der Waals surface area contributed by atoms with Crippen LogP contribution in [-0.4, -0.2) is 18.4 Å². The van der Waals surface area contributed by atoms with Gasteiger partial charge in [-0.25, -0.2) is 0 Å². The number of carbonyl (C=O) groups is 2. The second-order valence-electron chi connectivity index (χ2n) is 6.14. The van der Waals surface area contributed by atoms with E-state index in [9.17, 15) is 9.59 Å². The average molecular weight is 387 g/mol. The molecule has 0 aliphatic heterocycles. The largest absolute Gasteiger partial charge is 0.484 e. The van der Waals surface area contributed by atoms with Crippen molar-refractivity contribution in [3.05, 3.63) is 64.4 Å². The van der Waals surface area contributed by atoms with Crippen LogP contribution in [0.3, 0.4) is 0 Å². The van der Waals surface area contributed by atoms with Gasteiger partial charge in [0.15, 0.2) is 6.61 Å². The summed E-state index contributed by atoms with van der Waals surface area (Å²) < 4.78 is 10.8. The normalized spacial score (nSPS) is 10.6. The fourth-order valence-corrected chi connectivity index (χ4v) is 2.95. The molecule has 2 amide bonds. The van der Waals surface area contributed by atoms with Gasteiger partial charge in [0.05, 0.1) is 12.7 Å². The maximum Gasteiger partial charge on any atom is 0.276 e. The molecule has 3 rings (SSSR count). The number of aryl methyl sites for hydroxylation is 2. The van der Waals surface area contributed by atoms with E-state index in [0.29, 0.717) is 21.9 Å². The molecule has 27 heavy (non-hydrogen) atoms. The number of amides is 2. The van der Waals surface area contributed by atoms with Gasteiger partial charge in [-0.1, -0.05) is 29.8 Å². The number of ether oxygens (including phenoxy) is 1. The van der Waals surface area contributed by atoms with Gasteiger partial charge in [0, 0.05) is 16.0 Å². The molecule has 3 aromatic rings. The highest BCUT2D eigenvalue weighted by Crippen LogP contribution is 2.32. The lowest BCUT2D eigenvalue weighted by Gasteiger charge is -2.09. The predicted molar refractivity (Wildman–Crippen MR) is 103 cm³/mol. The molecule has 0 bridgehead atoms. The molecule has 2 N–H and O–H groups in total. The molecule has 6 nitrogen and oxygen atoms in total. The first kappa shape index (κ1) is 18.8. The van der Waals surface area contributed by atoms with Crippen LogP contribution in [0.5, 0.6) is 5.75 Å². The molecule has 0 fully saturated rings. The minimum absolute atomic E-state index is 0.0487. The Morgan fingerprint density at radius 3 is 2.56 bits per heavy atom. The highest BCUT2D eigenvalue weighted by molar-refractivity contribution is 6.33. The summed E-state index contributed by atoms with van der Waals surface area (Å²) in [5.74, 6) is -0.257. The third-order valence-electron chi connectivity index (χ3n) is 4.10. The summed E-state index contributed by atoms with van der Waals surface area (Å²) >= 11 is 6.30. The van der Waals surface area contributed by atoms with E-state index >= 15 is 0 Å². The number of hydrogen-bond acceptors (Lipinski definition) is 4. The summed E-state index contributed by atoms with van der Waals surface area (Å²) in [6, 6.07) is 10.8. The van der Waals surface area contributed by atoms with Crippen LogP contribution in [-0.2, 0) is 16.0 Å². The molecule has 0 radical (unpaired) electrons. The number of furan rings is 1. The van der Waals surface area contributed by atoms with E-state index in [1.807, 2.05) is 26.0 Å². The lowest BCUT2D eigenvalue weighted by Crippen LogP contribution is -2.44. The van der Waals surface area contributed by atoms with E-state index in [0.717, 1.165) is 16.5 Å². The number of carbonyl (C=O) groups excluding carboxylic acids is 2. The second-order valence-corrected chi connectivity index (χ2v) is 6.52. The molecule has 7 heteroatoms. The zero-order valence-corrected chi connectivity index (χ0v) is 15.7. The Morgan fingerprint density at radius 1 is 1.11 bits per heavy atom. The van der Waals surface area contributed by atoms with E-state index in [2.05, 4.69) is 10.9 Å². The quantitative estimate of drug-likeness (QED) is 0.658. The van der Waals surface area contributed by atoms with E-state index in [1.54, 1.807) is 24.3 Å². The molecule has 1 aromatic heterocycles. The number of fused-ring (bicyclic) bond motifs is 1. The highest BCUT2D eigenvalue weighted by atomic mass is 35.5. The molecule has 0 saturated heterocycles. The summed E-state index contributed by atoms with van der Waals surface area (Å²) in [7, 11) is 0. The van der Waals surface area contributed by atoms with Crippen molar-refractivity contribution in [1.82, 2.24) is 10.9 Å². The summed E-state index contributed by atoms with van der Waals surface area (Å²) in [4.78, 5) is 23.9. The Morgan fingerprint density at radius 2 is 1.81 bits per heavy atom. The first-order valence-electron chi connectivity index (χ1n) is 8.37. The molecule has 140 valence electrons. The molecule has 1 heterocycles. The zero-order valence-electron chi connectivity index (χ0n) is 15.0. The van der Waals surface area contributed by atoms with Crippen LogP contribution in [0.4, 0.5) is 0 Å². The van der Waals surface area contributed by atoms with Gasteiger partial charge in [0.2, 0.25) is 5.91 Å². The number of benzene rings is 2. The van der Waals surface area contributed by atoms with Gasteiger partial charge < -0.3 is 9.15 Å². The van der Waals surface area contributed by atoms with Crippen molar-refractivity contribution in [2.24, 2.45) is 0 Å². The maximum absolute atomic E-state index is 12.2. The first-order valence-corrected chi connectivity index (χ1v) is 8.75. The van der Waals surface area contributed by atoms with E-state index < -0.39 is 5.91 Å². The van der Waals surface area contributed by atoms with Gasteiger partial charge in [-0.2, -0.15) is 0 Å². The van der Waals surface area contributed by atoms with Crippen LogP contribution >= 0.6 is 11.6 Å². The summed E-state index contributed by atoms with van der Waals surface area (Å²) in [6.45, 7) is 3.58. The third kappa shape index (κ3) is 4.41. The molecule has 0 aliphatic rings. The number of para-hydroxylation sites is 1. The lowest BCUT2D eigenvalue weighted by molar-refractivity contribution is -0.129. The van der Waals surface area contributed by atoms with Crippen molar-refractivity contribution in [2.75, 3.05) is 6.61 Å². The molecular formula is C20H19ClN2O4. The summed E-state index contributed by atoms with van der Waals surface area (Å²) in [6.07, 6.45) is 1.58. The SMILES string of the molecule is Cc1cc2occ(CC(=O)NNC(=O)COc3ccccc3)c2c(C)c1Cl. The second kappa shape index (κ2) is 8.14. The number of hydrazine groups is 1. The Balaban J connectivity index is 1.56. The molecule has 0 atom stereocenters. The number of rotatable bonds is 5. The fraction of sp³-hybridized carbons (Fsp3) is 0.200. The molecule has 0 aliphatic carbocycles. The number of hydrogen-bond donors (Lipinski definition) is 2. The number of halogens is 1. The van der Waals surface area contributed by atoms with Crippen molar-refractivity contribution in [1.29, 1.82) is 0 Å². The first-order chi connectivity index (χ1) is 13.0. The van der Waals surface area contributed by atoms with Crippen molar-refractivity contribution in [2.45, 2.75) is 20.3 Å². The molecular weight excluding hydrogens is 368 g/mol.